The van der Waals surface area contributed by atoms with Gasteiger partial charge >= 0.3 is 5.97 Å². The van der Waals surface area contributed by atoms with Gasteiger partial charge in [0.15, 0.2) is 6.61 Å². The summed E-state index contributed by atoms with van der Waals surface area (Å²) in [5, 5.41) is 7.70. The van der Waals surface area contributed by atoms with E-state index in [-0.39, 0.29) is 29.7 Å². The molecule has 1 amide bonds. The first-order valence-corrected chi connectivity index (χ1v) is 10.4. The molecular weight excluding hydrogens is 380 g/mol. The predicted molar refractivity (Wildman–Crippen MR) is 105 cm³/mol. The summed E-state index contributed by atoms with van der Waals surface area (Å²) in [5.41, 5.74) is 1.89. The van der Waals surface area contributed by atoms with E-state index in [9.17, 15) is 18.0 Å². The Morgan fingerprint density at radius 1 is 1.07 bits per heavy atom. The van der Waals surface area contributed by atoms with Crippen molar-refractivity contribution in [3.8, 4) is 0 Å². The van der Waals surface area contributed by atoms with Crippen molar-refractivity contribution in [1.29, 1.82) is 0 Å². The van der Waals surface area contributed by atoms with Crippen molar-refractivity contribution in [2.45, 2.75) is 30.6 Å². The second-order valence-electron chi connectivity index (χ2n) is 6.47. The number of nitrogens with one attached hydrogen (secondary N) is 1. The molecule has 0 unspecified atom stereocenters. The minimum atomic E-state index is -3.71. The summed E-state index contributed by atoms with van der Waals surface area (Å²) < 4.78 is 27.4. The third-order valence-electron chi connectivity index (χ3n) is 4.19. The van der Waals surface area contributed by atoms with Gasteiger partial charge in [0.25, 0.3) is 5.91 Å². The molecule has 0 bridgehead atoms. The summed E-state index contributed by atoms with van der Waals surface area (Å²) in [5.74, 6) is -0.802. The highest BCUT2D eigenvalue weighted by Gasteiger charge is 2.13. The number of nitrogens with two attached hydrogens (primary N) is 1. The van der Waals surface area contributed by atoms with Crippen LogP contribution in [0.5, 0.6) is 0 Å². The Bertz CT molecular complexity index is 896. The maximum absolute atomic E-state index is 11.9. The summed E-state index contributed by atoms with van der Waals surface area (Å²) in [7, 11) is -3.71. The quantitative estimate of drug-likeness (QED) is 0.618. The van der Waals surface area contributed by atoms with Crippen LogP contribution in [0, 0.1) is 0 Å². The number of rotatable bonds is 9. The molecule has 3 N–H and O–H groups in total. The minimum Gasteiger partial charge on any atom is -0.456 e. The number of carbonyl (C=O) groups is 2. The highest BCUT2D eigenvalue weighted by molar-refractivity contribution is 7.89. The number of hydrogen-bond donors (Lipinski definition) is 2. The molecule has 2 aromatic rings. The van der Waals surface area contributed by atoms with Crippen molar-refractivity contribution in [3.05, 3.63) is 65.7 Å². The smallest absolute Gasteiger partial charge is 0.306 e. The number of sulfonamides is 1. The molecule has 0 aliphatic carbocycles. The first kappa shape index (κ1) is 21.6. The van der Waals surface area contributed by atoms with Gasteiger partial charge in [-0.3, -0.25) is 9.59 Å². The van der Waals surface area contributed by atoms with Gasteiger partial charge in [0.2, 0.25) is 10.0 Å². The van der Waals surface area contributed by atoms with E-state index in [2.05, 4.69) is 5.32 Å². The van der Waals surface area contributed by atoms with E-state index in [1.54, 1.807) is 12.1 Å². The number of esters is 1. The number of primary sulfonamides is 1. The normalized spacial score (nSPS) is 12.2. The van der Waals surface area contributed by atoms with Gasteiger partial charge in [-0.2, -0.15) is 0 Å². The molecule has 8 heteroatoms. The summed E-state index contributed by atoms with van der Waals surface area (Å²) in [6, 6.07) is 15.7. The first-order valence-electron chi connectivity index (χ1n) is 8.84. The van der Waals surface area contributed by atoms with Gasteiger partial charge in [-0.1, -0.05) is 49.4 Å². The number of carbonyl (C=O) groups excluding carboxylic acids is 2. The van der Waals surface area contributed by atoms with Crippen LogP contribution in [0.4, 0.5) is 0 Å². The molecule has 0 aliphatic rings. The van der Waals surface area contributed by atoms with E-state index >= 15 is 0 Å². The van der Waals surface area contributed by atoms with E-state index in [4.69, 9.17) is 9.88 Å². The molecule has 0 aromatic heterocycles. The van der Waals surface area contributed by atoms with E-state index in [1.807, 2.05) is 37.3 Å². The summed E-state index contributed by atoms with van der Waals surface area (Å²) in [4.78, 5) is 23.7. The largest absolute Gasteiger partial charge is 0.456 e. The fraction of sp³-hybridized carbons (Fsp3) is 0.300. The Labute approximate surface area is 164 Å². The Kier molecular flexibility index (Phi) is 7.71. The highest BCUT2D eigenvalue weighted by Crippen LogP contribution is 2.18. The highest BCUT2D eigenvalue weighted by atomic mass is 32.2. The maximum atomic E-state index is 11.9. The molecule has 0 heterocycles. The van der Waals surface area contributed by atoms with E-state index in [0.717, 1.165) is 11.1 Å². The second-order valence-corrected chi connectivity index (χ2v) is 8.03. The third-order valence-corrected chi connectivity index (χ3v) is 5.12. The Morgan fingerprint density at radius 3 is 2.32 bits per heavy atom. The van der Waals surface area contributed by atoms with Crippen molar-refractivity contribution >= 4 is 21.9 Å². The molecule has 7 nitrogen and oxygen atoms in total. The van der Waals surface area contributed by atoms with Crippen LogP contribution in [-0.4, -0.2) is 33.4 Å². The Balaban J connectivity index is 1.67. The molecule has 2 aromatic carbocycles. The van der Waals surface area contributed by atoms with Gasteiger partial charge in [0.05, 0.1) is 11.3 Å². The number of hydrogen-bond acceptors (Lipinski definition) is 5. The van der Waals surface area contributed by atoms with Crippen LogP contribution < -0.4 is 10.5 Å². The predicted octanol–water partition coefficient (Wildman–Crippen LogP) is 1.73. The lowest BCUT2D eigenvalue weighted by Gasteiger charge is -2.11. The Hall–Kier alpha value is -2.71. The molecule has 2 rings (SSSR count). The molecule has 0 saturated carbocycles. The molecule has 28 heavy (non-hydrogen) atoms. The van der Waals surface area contributed by atoms with Crippen LogP contribution in [0.3, 0.4) is 0 Å². The summed E-state index contributed by atoms with van der Waals surface area (Å²) in [6.45, 7) is 1.94. The lowest BCUT2D eigenvalue weighted by Crippen LogP contribution is -2.30. The molecule has 150 valence electrons. The zero-order valence-electron chi connectivity index (χ0n) is 15.6. The molecular formula is C20H24N2O5S. The molecule has 0 saturated heterocycles. The summed E-state index contributed by atoms with van der Waals surface area (Å²) in [6.07, 6.45) is 0.712. The molecule has 1 atom stereocenters. The van der Waals surface area contributed by atoms with Crippen molar-refractivity contribution in [2.24, 2.45) is 5.14 Å². The van der Waals surface area contributed by atoms with Gasteiger partial charge in [-0.05, 0) is 35.6 Å². The second kappa shape index (κ2) is 10.0. The number of benzene rings is 2. The standard InChI is InChI=1S/C20H24N2O5S/c1-15(17-5-3-2-4-6-17)13-20(24)27-14-19(23)22-12-11-16-7-9-18(10-8-16)28(21,25)26/h2-10,15H,11-14H2,1H3,(H,22,23)(H2,21,25,26)/t15-/m1/s1. The lowest BCUT2D eigenvalue weighted by atomic mass is 9.98. The third kappa shape index (κ3) is 7.13. The zero-order chi connectivity index (χ0) is 20.6. The van der Waals surface area contributed by atoms with Crippen LogP contribution in [-0.2, 0) is 30.8 Å². The van der Waals surface area contributed by atoms with Crippen LogP contribution in [0.1, 0.15) is 30.4 Å². The lowest BCUT2D eigenvalue weighted by molar-refractivity contribution is -0.148. The van der Waals surface area contributed by atoms with Gasteiger partial charge in [0.1, 0.15) is 0 Å². The molecule has 0 radical (unpaired) electrons. The van der Waals surface area contributed by atoms with E-state index < -0.39 is 16.0 Å². The number of ether oxygens (including phenoxy) is 1. The van der Waals surface area contributed by atoms with Crippen molar-refractivity contribution in [3.63, 3.8) is 0 Å². The topological polar surface area (TPSA) is 116 Å². The average Bonchev–Trinajstić information content (AvgIpc) is 2.67. The van der Waals surface area contributed by atoms with Crippen molar-refractivity contribution < 1.29 is 22.7 Å². The van der Waals surface area contributed by atoms with Crippen molar-refractivity contribution in [2.75, 3.05) is 13.2 Å². The summed E-state index contributed by atoms with van der Waals surface area (Å²) >= 11 is 0. The van der Waals surface area contributed by atoms with Gasteiger partial charge in [0, 0.05) is 6.54 Å². The number of amides is 1. The van der Waals surface area contributed by atoms with Crippen LogP contribution in [0.15, 0.2) is 59.5 Å². The van der Waals surface area contributed by atoms with Crippen LogP contribution in [0.2, 0.25) is 0 Å². The van der Waals surface area contributed by atoms with E-state index in [1.165, 1.54) is 12.1 Å². The molecule has 0 spiro atoms. The van der Waals surface area contributed by atoms with Crippen molar-refractivity contribution in [1.82, 2.24) is 5.32 Å². The first-order chi connectivity index (χ1) is 13.3. The van der Waals surface area contributed by atoms with Crippen LogP contribution >= 0.6 is 0 Å². The molecule has 0 aliphatic heterocycles. The Morgan fingerprint density at radius 2 is 1.71 bits per heavy atom. The van der Waals surface area contributed by atoms with Gasteiger partial charge in [-0.25, -0.2) is 13.6 Å². The van der Waals surface area contributed by atoms with Crippen LogP contribution in [0.25, 0.3) is 0 Å². The van der Waals surface area contributed by atoms with Gasteiger partial charge in [-0.15, -0.1) is 0 Å². The fourth-order valence-electron chi connectivity index (χ4n) is 2.60. The minimum absolute atomic E-state index is 0.0112. The van der Waals surface area contributed by atoms with Gasteiger partial charge < -0.3 is 10.1 Å². The zero-order valence-corrected chi connectivity index (χ0v) is 16.4. The fourth-order valence-corrected chi connectivity index (χ4v) is 3.11. The monoisotopic (exact) mass is 404 g/mol. The SMILES string of the molecule is C[C@H](CC(=O)OCC(=O)NCCc1ccc(S(N)(=O)=O)cc1)c1ccccc1. The average molecular weight is 404 g/mol. The maximum Gasteiger partial charge on any atom is 0.306 e. The van der Waals surface area contributed by atoms with E-state index in [0.29, 0.717) is 13.0 Å². The molecule has 0 fully saturated rings.